The van der Waals surface area contributed by atoms with Crippen LogP contribution in [0.2, 0.25) is 0 Å². The van der Waals surface area contributed by atoms with Gasteiger partial charge in [0, 0.05) is 48.5 Å². The van der Waals surface area contributed by atoms with E-state index in [4.69, 9.17) is 10.7 Å². The second-order valence-corrected chi connectivity index (χ2v) is 6.99. The molecule has 0 radical (unpaired) electrons. The van der Waals surface area contributed by atoms with Crippen molar-refractivity contribution in [3.8, 4) is 11.3 Å². The van der Waals surface area contributed by atoms with Gasteiger partial charge in [0.2, 0.25) is 0 Å². The Kier molecular flexibility index (Phi) is 3.65. The molecule has 8 nitrogen and oxygen atoms in total. The number of hydrogen-bond acceptors (Lipinski definition) is 5. The minimum atomic E-state index is -0.515. The molecular formula is C20H19N7O. The molecule has 28 heavy (non-hydrogen) atoms. The SMILES string of the molecule is Cc1cc2nc(-c3ccccc3)cc(N3CCc4[nH]nc(C(N)=O)c4C3)n2n1. The number of carbonyl (C=O) groups excluding carboxylic acids is 1. The van der Waals surface area contributed by atoms with E-state index >= 15 is 0 Å². The molecule has 0 saturated carbocycles. The lowest BCUT2D eigenvalue weighted by Gasteiger charge is -2.29. The first-order chi connectivity index (χ1) is 13.6. The maximum atomic E-state index is 11.7. The zero-order valence-electron chi connectivity index (χ0n) is 15.4. The number of benzene rings is 1. The highest BCUT2D eigenvalue weighted by atomic mass is 16.1. The highest BCUT2D eigenvalue weighted by molar-refractivity contribution is 5.92. The monoisotopic (exact) mass is 373 g/mol. The minimum Gasteiger partial charge on any atom is -0.364 e. The maximum absolute atomic E-state index is 11.7. The van der Waals surface area contributed by atoms with Crippen LogP contribution in [0.25, 0.3) is 16.9 Å². The highest BCUT2D eigenvalue weighted by Crippen LogP contribution is 2.29. The number of fused-ring (bicyclic) bond motifs is 2. The van der Waals surface area contributed by atoms with Crippen LogP contribution < -0.4 is 10.6 Å². The molecule has 4 heterocycles. The van der Waals surface area contributed by atoms with E-state index in [1.54, 1.807) is 0 Å². The number of H-pyrrole nitrogens is 1. The van der Waals surface area contributed by atoms with Crippen molar-refractivity contribution >= 4 is 17.4 Å². The summed E-state index contributed by atoms with van der Waals surface area (Å²) in [6, 6.07) is 14.1. The minimum absolute atomic E-state index is 0.310. The molecule has 8 heteroatoms. The molecule has 1 amide bonds. The maximum Gasteiger partial charge on any atom is 0.269 e. The van der Waals surface area contributed by atoms with Crippen LogP contribution in [0.15, 0.2) is 42.5 Å². The van der Waals surface area contributed by atoms with Gasteiger partial charge in [-0.1, -0.05) is 30.3 Å². The van der Waals surface area contributed by atoms with E-state index in [1.165, 1.54) is 0 Å². The van der Waals surface area contributed by atoms with Gasteiger partial charge in [-0.15, -0.1) is 0 Å². The highest BCUT2D eigenvalue weighted by Gasteiger charge is 2.26. The Morgan fingerprint density at radius 3 is 2.82 bits per heavy atom. The van der Waals surface area contributed by atoms with Crippen LogP contribution in [0.3, 0.4) is 0 Å². The molecule has 1 aromatic carbocycles. The van der Waals surface area contributed by atoms with Gasteiger partial charge in [0.05, 0.1) is 11.4 Å². The normalized spacial score (nSPS) is 13.7. The number of nitrogens with one attached hydrogen (secondary N) is 1. The van der Waals surface area contributed by atoms with Crippen molar-refractivity contribution < 1.29 is 4.79 Å². The average molecular weight is 373 g/mol. The number of carbonyl (C=O) groups is 1. The van der Waals surface area contributed by atoms with Gasteiger partial charge >= 0.3 is 0 Å². The van der Waals surface area contributed by atoms with E-state index in [0.717, 1.165) is 52.6 Å². The zero-order chi connectivity index (χ0) is 19.3. The van der Waals surface area contributed by atoms with Gasteiger partial charge in [0.15, 0.2) is 11.3 Å². The van der Waals surface area contributed by atoms with Crippen LogP contribution in [-0.4, -0.2) is 37.2 Å². The van der Waals surface area contributed by atoms with Gasteiger partial charge in [0.1, 0.15) is 5.82 Å². The smallest absolute Gasteiger partial charge is 0.269 e. The molecule has 0 bridgehead atoms. The van der Waals surface area contributed by atoms with Gasteiger partial charge in [-0.2, -0.15) is 14.7 Å². The number of rotatable bonds is 3. The van der Waals surface area contributed by atoms with Gasteiger partial charge in [-0.05, 0) is 6.92 Å². The third-order valence-corrected chi connectivity index (χ3v) is 5.09. The fourth-order valence-corrected chi connectivity index (χ4v) is 3.75. The largest absolute Gasteiger partial charge is 0.364 e. The van der Waals surface area contributed by atoms with Crippen LogP contribution in [-0.2, 0) is 13.0 Å². The van der Waals surface area contributed by atoms with Gasteiger partial charge in [0.25, 0.3) is 5.91 Å². The Balaban J connectivity index is 1.64. The van der Waals surface area contributed by atoms with Crippen LogP contribution >= 0.6 is 0 Å². The predicted molar refractivity (Wildman–Crippen MR) is 105 cm³/mol. The summed E-state index contributed by atoms with van der Waals surface area (Å²) in [6.07, 6.45) is 0.750. The lowest BCUT2D eigenvalue weighted by molar-refractivity contribution is 0.0994. The second kappa shape index (κ2) is 6.19. The number of nitrogens with two attached hydrogens (primary N) is 1. The second-order valence-electron chi connectivity index (χ2n) is 6.99. The molecule has 3 aromatic heterocycles. The fraction of sp³-hybridized carbons (Fsp3) is 0.200. The molecule has 0 unspecified atom stereocenters. The van der Waals surface area contributed by atoms with Crippen LogP contribution in [0.1, 0.15) is 27.4 Å². The first kappa shape index (κ1) is 16.5. The van der Waals surface area contributed by atoms with Crippen molar-refractivity contribution in [2.45, 2.75) is 19.9 Å². The Bertz CT molecular complexity index is 1190. The Morgan fingerprint density at radius 2 is 2.04 bits per heavy atom. The van der Waals surface area contributed by atoms with E-state index in [9.17, 15) is 4.79 Å². The molecule has 3 N–H and O–H groups in total. The van der Waals surface area contributed by atoms with Crippen molar-refractivity contribution in [2.75, 3.05) is 11.4 Å². The van der Waals surface area contributed by atoms with E-state index in [1.807, 2.05) is 53.9 Å². The predicted octanol–water partition coefficient (Wildman–Crippen LogP) is 2.09. The first-order valence-corrected chi connectivity index (χ1v) is 9.14. The van der Waals surface area contributed by atoms with Gasteiger partial charge in [-0.3, -0.25) is 9.89 Å². The number of nitrogens with zero attached hydrogens (tertiary/aromatic N) is 5. The van der Waals surface area contributed by atoms with E-state index in [0.29, 0.717) is 12.2 Å². The molecule has 4 aromatic rings. The Morgan fingerprint density at radius 1 is 1.21 bits per heavy atom. The quantitative estimate of drug-likeness (QED) is 0.572. The van der Waals surface area contributed by atoms with Crippen LogP contribution in [0.4, 0.5) is 5.82 Å². The van der Waals surface area contributed by atoms with E-state index in [-0.39, 0.29) is 0 Å². The molecule has 0 atom stereocenters. The number of primary amides is 1. The summed E-state index contributed by atoms with van der Waals surface area (Å²) < 4.78 is 1.86. The average Bonchev–Trinajstić information content (AvgIpc) is 3.29. The topological polar surface area (TPSA) is 105 Å². The third-order valence-electron chi connectivity index (χ3n) is 5.09. The molecule has 0 aliphatic carbocycles. The van der Waals surface area contributed by atoms with Gasteiger partial charge < -0.3 is 10.6 Å². The van der Waals surface area contributed by atoms with Crippen molar-refractivity contribution in [2.24, 2.45) is 5.73 Å². The number of aromatic amines is 1. The van der Waals surface area contributed by atoms with Crippen LogP contribution in [0.5, 0.6) is 0 Å². The number of hydrogen-bond donors (Lipinski definition) is 2. The van der Waals surface area contributed by atoms with Gasteiger partial charge in [-0.25, -0.2) is 4.98 Å². The molecule has 140 valence electrons. The molecule has 5 rings (SSSR count). The molecule has 1 aliphatic rings. The number of anilines is 1. The standard InChI is InChI=1S/C20H19N7O/c1-12-9-17-22-16(13-5-3-2-4-6-13)10-18(27(17)25-12)26-8-7-15-14(11-26)19(20(21)28)24-23-15/h2-6,9-10H,7-8,11H2,1H3,(H2,21,28)(H,23,24). The van der Waals surface area contributed by atoms with E-state index < -0.39 is 5.91 Å². The Labute approximate surface area is 161 Å². The number of amides is 1. The Hall–Kier alpha value is -3.68. The summed E-state index contributed by atoms with van der Waals surface area (Å²) in [5, 5.41) is 11.7. The summed E-state index contributed by atoms with van der Waals surface area (Å²) in [7, 11) is 0. The summed E-state index contributed by atoms with van der Waals surface area (Å²) in [6.45, 7) is 3.27. The third kappa shape index (κ3) is 2.61. The molecule has 0 spiro atoms. The summed E-state index contributed by atoms with van der Waals surface area (Å²) in [4.78, 5) is 18.7. The van der Waals surface area contributed by atoms with Crippen molar-refractivity contribution in [1.82, 2.24) is 24.8 Å². The lowest BCUT2D eigenvalue weighted by Crippen LogP contribution is -2.33. The molecular weight excluding hydrogens is 354 g/mol. The summed E-state index contributed by atoms with van der Waals surface area (Å²) in [5.74, 6) is 0.415. The molecule has 1 aliphatic heterocycles. The van der Waals surface area contributed by atoms with Crippen molar-refractivity contribution in [3.63, 3.8) is 0 Å². The molecule has 0 fully saturated rings. The summed E-state index contributed by atoms with van der Waals surface area (Å²) >= 11 is 0. The fourth-order valence-electron chi connectivity index (χ4n) is 3.75. The molecule has 0 saturated heterocycles. The van der Waals surface area contributed by atoms with Crippen LogP contribution in [0, 0.1) is 6.92 Å². The first-order valence-electron chi connectivity index (χ1n) is 9.14. The zero-order valence-corrected chi connectivity index (χ0v) is 15.4. The van der Waals surface area contributed by atoms with E-state index in [2.05, 4.69) is 20.2 Å². The lowest BCUT2D eigenvalue weighted by atomic mass is 10.0. The van der Waals surface area contributed by atoms with Crippen molar-refractivity contribution in [3.05, 3.63) is 65.1 Å². The van der Waals surface area contributed by atoms with Crippen molar-refractivity contribution in [1.29, 1.82) is 0 Å². The number of aryl methyl sites for hydroxylation is 1. The summed E-state index contributed by atoms with van der Waals surface area (Å²) in [5.41, 5.74) is 11.3. The number of aromatic nitrogens is 5.